The van der Waals surface area contributed by atoms with Crippen LogP contribution in [0.5, 0.6) is 0 Å². The van der Waals surface area contributed by atoms with E-state index in [2.05, 4.69) is 15.7 Å². The van der Waals surface area contributed by atoms with E-state index in [-0.39, 0.29) is 6.07 Å². The Morgan fingerprint density at radius 2 is 2.64 bits per heavy atom. The first-order valence-electron chi connectivity index (χ1n) is 3.55. The molecule has 1 aliphatic rings. The predicted molar refractivity (Wildman–Crippen MR) is 45.8 cm³/mol. The lowest BCUT2D eigenvalue weighted by Crippen LogP contribution is -2.43. The second-order valence-electron chi connectivity index (χ2n) is 2.60. The molecule has 56 valence electrons. The molecule has 1 aromatic heterocycles. The molecule has 4 N–H and O–H groups in total. The Morgan fingerprint density at radius 1 is 1.73 bits per heavy atom. The zero-order chi connectivity index (χ0) is 7.68. The summed E-state index contributed by atoms with van der Waals surface area (Å²) in [6.45, 7) is 0. The molecule has 0 saturated heterocycles. The third kappa shape index (κ3) is 1.08. The van der Waals surface area contributed by atoms with Crippen molar-refractivity contribution in [3.8, 4) is 0 Å². The van der Waals surface area contributed by atoms with E-state index >= 15 is 0 Å². The summed E-state index contributed by atoms with van der Waals surface area (Å²) in [5, 5.41) is 3.19. The molecule has 5 heteroatoms. The average molecular weight is 148 g/mol. The maximum atomic E-state index is 5.28. The molecule has 11 heavy (non-hydrogen) atoms. The van der Waals surface area contributed by atoms with Gasteiger partial charge in [0.25, 0.3) is 0 Å². The largest absolute Gasteiger partial charge is 0.375 e. The molecule has 1 atom stereocenters. The molecule has 0 radical (unpaired) electrons. The summed E-state index contributed by atoms with van der Waals surface area (Å²) in [4.78, 5) is 3.99. The Morgan fingerprint density at radius 3 is 3.36 bits per heavy atom. The second-order valence-corrected chi connectivity index (χ2v) is 2.60. The topological polar surface area (TPSA) is 63.0 Å². The van der Waals surface area contributed by atoms with E-state index in [9.17, 15) is 0 Å². The van der Waals surface area contributed by atoms with Crippen molar-refractivity contribution in [2.24, 2.45) is 5.84 Å². The molecule has 0 bridgehead atoms. The fourth-order valence-corrected chi connectivity index (χ4v) is 1.29. The highest BCUT2D eigenvalue weighted by Crippen LogP contribution is 2.07. The van der Waals surface area contributed by atoms with E-state index < -0.39 is 0 Å². The smallest absolute Gasteiger partial charge is 0.207 e. The Bertz CT molecular complexity index is 240. The second kappa shape index (κ2) is 2.52. The molecule has 0 aromatic carbocycles. The van der Waals surface area contributed by atoms with Crippen molar-refractivity contribution < 1.29 is 0 Å². The third-order valence-electron chi connectivity index (χ3n) is 1.87. The molecule has 1 unspecified atom stereocenters. The lowest BCUT2D eigenvalue weighted by molar-refractivity contribution is 0.736. The Hall–Kier alpha value is -1.07. The first kappa shape index (κ1) is 6.63. The van der Waals surface area contributed by atoms with Crippen LogP contribution in [-0.4, -0.2) is 18.3 Å². The number of nitrogens with one attached hydrogen (secondary N) is 2. The van der Waals surface area contributed by atoms with E-state index in [4.69, 9.17) is 5.84 Å². The van der Waals surface area contributed by atoms with Gasteiger partial charge >= 0.3 is 0 Å². The van der Waals surface area contributed by atoms with Crippen LogP contribution in [0, 0.1) is 0 Å². The quantitative estimate of drug-likeness (QED) is 0.253. The van der Waals surface area contributed by atoms with Gasteiger partial charge in [-0.2, -0.15) is 0 Å². The highest BCUT2D eigenvalue weighted by atomic mass is 15.3. The number of hydrogen-bond donors (Lipinski definition) is 3. The molecule has 0 amide bonds. The highest BCUT2D eigenvalue weighted by molar-refractivity contribution is 6.59. The maximum absolute atomic E-state index is 5.28. The van der Waals surface area contributed by atoms with Crippen LogP contribution in [0.2, 0.25) is 0 Å². The maximum Gasteiger partial charge on any atom is 0.207 e. The van der Waals surface area contributed by atoms with Crippen molar-refractivity contribution in [1.29, 1.82) is 0 Å². The van der Waals surface area contributed by atoms with Crippen LogP contribution in [0.4, 0.5) is 5.69 Å². The zero-order valence-corrected chi connectivity index (χ0v) is 6.04. The Labute approximate surface area is 65.4 Å². The first-order valence-corrected chi connectivity index (χ1v) is 3.55. The van der Waals surface area contributed by atoms with Crippen LogP contribution < -0.4 is 22.0 Å². The fourth-order valence-electron chi connectivity index (χ4n) is 1.29. The minimum Gasteiger partial charge on any atom is -0.375 e. The number of aromatic nitrogens is 1. The molecule has 1 aromatic rings. The Kier molecular flexibility index (Phi) is 1.52. The average Bonchev–Trinajstić information content (AvgIpc) is 2.46. The summed E-state index contributed by atoms with van der Waals surface area (Å²) in [6, 6.07) is 2.16. The van der Waals surface area contributed by atoms with Crippen molar-refractivity contribution in [2.75, 3.05) is 5.32 Å². The minimum absolute atomic E-state index is 0.161. The summed E-state index contributed by atoms with van der Waals surface area (Å²) in [6.07, 6.45) is 3.60. The van der Waals surface area contributed by atoms with Gasteiger partial charge in [-0.25, -0.2) is 5.43 Å². The van der Waals surface area contributed by atoms with Gasteiger partial charge in [0.05, 0.1) is 6.07 Å². The lowest BCUT2D eigenvalue weighted by Gasteiger charge is -2.07. The molecule has 2 heterocycles. The molecular weight excluding hydrogens is 139 g/mol. The van der Waals surface area contributed by atoms with E-state index in [0.717, 1.165) is 13.0 Å². The number of pyridine rings is 1. The summed E-state index contributed by atoms with van der Waals surface area (Å²) in [7, 11) is 0.925. The van der Waals surface area contributed by atoms with Crippen LogP contribution in [-0.2, 0) is 0 Å². The van der Waals surface area contributed by atoms with Crippen LogP contribution in [0.1, 0.15) is 0 Å². The summed E-state index contributed by atoms with van der Waals surface area (Å²) in [5.74, 6) is 5.28. The summed E-state index contributed by atoms with van der Waals surface area (Å²) in [5.41, 5.74) is 5.02. The van der Waals surface area contributed by atoms with Crippen LogP contribution in [0.15, 0.2) is 18.5 Å². The van der Waals surface area contributed by atoms with Crippen LogP contribution >= 0.6 is 0 Å². The minimum atomic E-state index is 0.161. The normalized spacial score (nSPS) is 20.3. The summed E-state index contributed by atoms with van der Waals surface area (Å²) >= 11 is 0. The SMILES string of the molecule is NNC1Bc2ccncc2N1. The van der Waals surface area contributed by atoms with Crippen LogP contribution in [0.3, 0.4) is 0 Å². The van der Waals surface area contributed by atoms with E-state index in [0.29, 0.717) is 0 Å². The van der Waals surface area contributed by atoms with Gasteiger partial charge in [0.15, 0.2) is 0 Å². The first-order chi connectivity index (χ1) is 5.40. The molecule has 1 aliphatic heterocycles. The summed E-state index contributed by atoms with van der Waals surface area (Å²) < 4.78 is 0. The van der Waals surface area contributed by atoms with Gasteiger partial charge < -0.3 is 5.32 Å². The van der Waals surface area contributed by atoms with E-state index in [1.807, 2.05) is 12.3 Å². The van der Waals surface area contributed by atoms with Gasteiger partial charge in [-0.3, -0.25) is 10.8 Å². The number of hydrazine groups is 1. The molecule has 0 spiro atoms. The van der Waals surface area contributed by atoms with E-state index in [1.54, 1.807) is 6.20 Å². The predicted octanol–water partition coefficient (Wildman–Crippen LogP) is -1.68. The molecular formula is C6H9BN4. The fraction of sp³-hybridized carbons (Fsp3) is 0.167. The number of fused-ring (bicyclic) bond motifs is 1. The van der Waals surface area contributed by atoms with Crippen molar-refractivity contribution in [3.63, 3.8) is 0 Å². The molecule has 0 saturated carbocycles. The van der Waals surface area contributed by atoms with Crippen molar-refractivity contribution >= 4 is 18.4 Å². The number of anilines is 1. The van der Waals surface area contributed by atoms with Gasteiger partial charge in [0.1, 0.15) is 0 Å². The van der Waals surface area contributed by atoms with Crippen molar-refractivity contribution in [3.05, 3.63) is 18.5 Å². The zero-order valence-electron chi connectivity index (χ0n) is 6.04. The molecule has 0 fully saturated rings. The van der Waals surface area contributed by atoms with Gasteiger partial charge in [-0.15, -0.1) is 0 Å². The van der Waals surface area contributed by atoms with Crippen molar-refractivity contribution in [1.82, 2.24) is 10.4 Å². The van der Waals surface area contributed by atoms with Gasteiger partial charge in [-0.05, 0) is 6.07 Å². The van der Waals surface area contributed by atoms with E-state index in [1.165, 1.54) is 5.46 Å². The monoisotopic (exact) mass is 148 g/mol. The lowest BCUT2D eigenvalue weighted by atomic mass is 9.70. The van der Waals surface area contributed by atoms with Crippen molar-refractivity contribution in [2.45, 2.75) is 6.07 Å². The molecule has 0 aliphatic carbocycles. The standard InChI is InChI=1S/C6H9BN4/c8-11-6-7-4-1-2-9-3-5(4)10-6/h1-3,6-7,10-11H,8H2. The highest BCUT2D eigenvalue weighted by Gasteiger charge is 2.19. The molecule has 4 nitrogen and oxygen atoms in total. The number of nitrogens with zero attached hydrogens (tertiary/aromatic N) is 1. The third-order valence-corrected chi connectivity index (χ3v) is 1.87. The number of rotatable bonds is 1. The number of nitrogens with two attached hydrogens (primary N) is 1. The van der Waals surface area contributed by atoms with Crippen LogP contribution in [0.25, 0.3) is 0 Å². The van der Waals surface area contributed by atoms with Gasteiger partial charge in [-0.1, -0.05) is 5.46 Å². The van der Waals surface area contributed by atoms with Gasteiger partial charge in [0, 0.05) is 18.1 Å². The molecule has 2 rings (SSSR count). The Balaban J connectivity index is 2.27. The van der Waals surface area contributed by atoms with Gasteiger partial charge in [0.2, 0.25) is 7.28 Å². The number of hydrogen-bond acceptors (Lipinski definition) is 4.